The molecule has 2 nitrogen and oxygen atoms in total. The van der Waals surface area contributed by atoms with Crippen molar-refractivity contribution in [2.75, 3.05) is 6.54 Å². The molecule has 0 heterocycles. The summed E-state index contributed by atoms with van der Waals surface area (Å²) in [5, 5.41) is 0. The highest BCUT2D eigenvalue weighted by Crippen LogP contribution is 2.23. The van der Waals surface area contributed by atoms with Crippen molar-refractivity contribution >= 4 is 0 Å². The Morgan fingerprint density at radius 2 is 1.48 bits per heavy atom. The van der Waals surface area contributed by atoms with Gasteiger partial charge in [0.15, 0.2) is 0 Å². The van der Waals surface area contributed by atoms with E-state index in [2.05, 4.69) is 55.5 Å². The van der Waals surface area contributed by atoms with Gasteiger partial charge in [0.25, 0.3) is 0 Å². The number of hydrogen-bond acceptors (Lipinski definition) is 2. The normalized spacial score (nSPS) is 11.9. The quantitative estimate of drug-likeness (QED) is 0.671. The minimum Gasteiger partial charge on any atom is -0.489 e. The van der Waals surface area contributed by atoms with E-state index in [-0.39, 0.29) is 0 Å². The minimum absolute atomic E-state index is 0.325. The lowest BCUT2D eigenvalue weighted by Crippen LogP contribution is -2.15. The first kappa shape index (κ1) is 17.2. The standard InChI is InChI=1S/C23H25NO/c1-18-7-9-19(10-8-18)15-22(16-24)21-11-13-23(14-12-21)25-17-20-5-3-2-4-6-20/h2-14,22H,15-17,24H2,1H3. The Hall–Kier alpha value is -2.58. The van der Waals surface area contributed by atoms with Crippen LogP contribution in [0.2, 0.25) is 0 Å². The highest BCUT2D eigenvalue weighted by atomic mass is 16.5. The molecule has 0 aromatic heterocycles. The second kappa shape index (κ2) is 8.50. The molecule has 25 heavy (non-hydrogen) atoms. The topological polar surface area (TPSA) is 35.2 Å². The van der Waals surface area contributed by atoms with Crippen LogP contribution in [0.4, 0.5) is 0 Å². The van der Waals surface area contributed by atoms with Crippen LogP contribution in [0.3, 0.4) is 0 Å². The summed E-state index contributed by atoms with van der Waals surface area (Å²) in [6, 6.07) is 27.2. The van der Waals surface area contributed by atoms with Crippen molar-refractivity contribution in [3.8, 4) is 5.75 Å². The Kier molecular flexibility index (Phi) is 5.86. The molecular formula is C23H25NO. The molecule has 1 unspecified atom stereocenters. The van der Waals surface area contributed by atoms with Crippen LogP contribution in [0.1, 0.15) is 28.2 Å². The molecule has 0 aliphatic heterocycles. The number of ether oxygens (including phenoxy) is 1. The van der Waals surface area contributed by atoms with Crippen LogP contribution < -0.4 is 10.5 Å². The fraction of sp³-hybridized carbons (Fsp3) is 0.217. The number of nitrogens with two attached hydrogens (primary N) is 1. The third-order valence-corrected chi connectivity index (χ3v) is 4.49. The smallest absolute Gasteiger partial charge is 0.119 e. The van der Waals surface area contributed by atoms with E-state index in [4.69, 9.17) is 10.5 Å². The van der Waals surface area contributed by atoms with Crippen molar-refractivity contribution in [2.45, 2.75) is 25.9 Å². The maximum Gasteiger partial charge on any atom is 0.119 e. The van der Waals surface area contributed by atoms with Gasteiger partial charge in [-0.05, 0) is 48.7 Å². The molecule has 2 heteroatoms. The van der Waals surface area contributed by atoms with Crippen LogP contribution in [-0.4, -0.2) is 6.54 Å². The summed E-state index contributed by atoms with van der Waals surface area (Å²) >= 11 is 0. The monoisotopic (exact) mass is 331 g/mol. The van der Waals surface area contributed by atoms with Gasteiger partial charge < -0.3 is 10.5 Å². The maximum atomic E-state index is 6.02. The van der Waals surface area contributed by atoms with Crippen molar-refractivity contribution in [3.05, 3.63) is 101 Å². The Bertz CT molecular complexity index is 763. The van der Waals surface area contributed by atoms with Gasteiger partial charge in [0, 0.05) is 5.92 Å². The summed E-state index contributed by atoms with van der Waals surface area (Å²) in [6.07, 6.45) is 0.959. The number of benzene rings is 3. The van der Waals surface area contributed by atoms with E-state index in [9.17, 15) is 0 Å². The molecule has 0 aliphatic carbocycles. The minimum atomic E-state index is 0.325. The molecule has 0 saturated carbocycles. The predicted molar refractivity (Wildman–Crippen MR) is 104 cm³/mol. The van der Waals surface area contributed by atoms with Crippen molar-refractivity contribution < 1.29 is 4.74 Å². The Balaban J connectivity index is 1.62. The summed E-state index contributed by atoms with van der Waals surface area (Å²) in [7, 11) is 0. The molecule has 0 bridgehead atoms. The fourth-order valence-electron chi connectivity index (χ4n) is 2.92. The van der Waals surface area contributed by atoms with E-state index in [1.54, 1.807) is 0 Å². The van der Waals surface area contributed by atoms with E-state index >= 15 is 0 Å². The van der Waals surface area contributed by atoms with Crippen LogP contribution in [0.15, 0.2) is 78.9 Å². The summed E-state index contributed by atoms with van der Waals surface area (Å²) in [5.74, 6) is 1.21. The zero-order chi connectivity index (χ0) is 17.5. The molecular weight excluding hydrogens is 306 g/mol. The van der Waals surface area contributed by atoms with Crippen LogP contribution in [0.5, 0.6) is 5.75 Å². The first-order valence-electron chi connectivity index (χ1n) is 8.77. The number of aryl methyl sites for hydroxylation is 1. The summed E-state index contributed by atoms with van der Waals surface area (Å²) in [4.78, 5) is 0. The Morgan fingerprint density at radius 1 is 0.800 bits per heavy atom. The van der Waals surface area contributed by atoms with E-state index in [1.165, 1.54) is 22.3 Å². The van der Waals surface area contributed by atoms with Crippen LogP contribution in [0, 0.1) is 6.92 Å². The SMILES string of the molecule is Cc1ccc(CC(CN)c2ccc(OCc3ccccc3)cc2)cc1. The first-order chi connectivity index (χ1) is 12.2. The van der Waals surface area contributed by atoms with E-state index < -0.39 is 0 Å². The van der Waals surface area contributed by atoms with Gasteiger partial charge in [-0.1, -0.05) is 72.3 Å². The number of hydrogen-bond donors (Lipinski definition) is 1. The van der Waals surface area contributed by atoms with Gasteiger partial charge in [0.05, 0.1) is 0 Å². The van der Waals surface area contributed by atoms with Crippen molar-refractivity contribution in [3.63, 3.8) is 0 Å². The molecule has 3 aromatic carbocycles. The molecule has 0 radical (unpaired) electrons. The first-order valence-corrected chi connectivity index (χ1v) is 8.77. The molecule has 3 aromatic rings. The molecule has 3 rings (SSSR count). The second-order valence-electron chi connectivity index (χ2n) is 6.47. The van der Waals surface area contributed by atoms with E-state index in [0.29, 0.717) is 19.1 Å². The third kappa shape index (κ3) is 4.94. The van der Waals surface area contributed by atoms with Crippen molar-refractivity contribution in [2.24, 2.45) is 5.73 Å². The Labute approximate surface area is 150 Å². The number of rotatable bonds is 7. The fourth-order valence-corrected chi connectivity index (χ4v) is 2.92. The van der Waals surface area contributed by atoms with Gasteiger partial charge in [-0.25, -0.2) is 0 Å². The summed E-state index contributed by atoms with van der Waals surface area (Å²) in [5.41, 5.74) is 11.1. The molecule has 0 amide bonds. The molecule has 0 spiro atoms. The lowest BCUT2D eigenvalue weighted by Gasteiger charge is -2.16. The molecule has 1 atom stereocenters. The van der Waals surface area contributed by atoms with E-state index in [0.717, 1.165) is 12.2 Å². The predicted octanol–water partition coefficient (Wildman–Crippen LogP) is 4.86. The molecule has 2 N–H and O–H groups in total. The van der Waals surface area contributed by atoms with Crippen LogP contribution in [-0.2, 0) is 13.0 Å². The van der Waals surface area contributed by atoms with Gasteiger partial charge in [-0.15, -0.1) is 0 Å². The molecule has 0 saturated heterocycles. The van der Waals surface area contributed by atoms with Crippen molar-refractivity contribution in [1.82, 2.24) is 0 Å². The zero-order valence-corrected chi connectivity index (χ0v) is 14.7. The molecule has 0 aliphatic rings. The van der Waals surface area contributed by atoms with Crippen molar-refractivity contribution in [1.29, 1.82) is 0 Å². The summed E-state index contributed by atoms with van der Waals surface area (Å²) < 4.78 is 5.86. The Morgan fingerprint density at radius 3 is 2.12 bits per heavy atom. The van der Waals surface area contributed by atoms with E-state index in [1.807, 2.05) is 30.3 Å². The lowest BCUT2D eigenvalue weighted by atomic mass is 9.92. The lowest BCUT2D eigenvalue weighted by molar-refractivity contribution is 0.306. The maximum absolute atomic E-state index is 6.02. The largest absolute Gasteiger partial charge is 0.489 e. The third-order valence-electron chi connectivity index (χ3n) is 4.49. The second-order valence-corrected chi connectivity index (χ2v) is 6.47. The van der Waals surface area contributed by atoms with Gasteiger partial charge in [-0.3, -0.25) is 0 Å². The van der Waals surface area contributed by atoms with Crippen LogP contribution in [0.25, 0.3) is 0 Å². The molecule has 128 valence electrons. The van der Waals surface area contributed by atoms with Crippen LogP contribution >= 0.6 is 0 Å². The zero-order valence-electron chi connectivity index (χ0n) is 14.7. The highest BCUT2D eigenvalue weighted by Gasteiger charge is 2.11. The highest BCUT2D eigenvalue weighted by molar-refractivity contribution is 5.32. The average Bonchev–Trinajstić information content (AvgIpc) is 2.67. The van der Waals surface area contributed by atoms with Gasteiger partial charge >= 0.3 is 0 Å². The molecule has 0 fully saturated rings. The van der Waals surface area contributed by atoms with Gasteiger partial charge in [-0.2, -0.15) is 0 Å². The summed E-state index contributed by atoms with van der Waals surface area (Å²) in [6.45, 7) is 3.33. The van der Waals surface area contributed by atoms with Gasteiger partial charge in [0.1, 0.15) is 12.4 Å². The average molecular weight is 331 g/mol. The van der Waals surface area contributed by atoms with Gasteiger partial charge in [0.2, 0.25) is 0 Å².